The summed E-state index contributed by atoms with van der Waals surface area (Å²) in [5.41, 5.74) is 5.80. The topological polar surface area (TPSA) is 64.1 Å². The molecule has 0 radical (unpaired) electrons. The van der Waals surface area contributed by atoms with E-state index in [2.05, 4.69) is 12.0 Å². The van der Waals surface area contributed by atoms with Crippen molar-refractivity contribution in [3.63, 3.8) is 0 Å². The van der Waals surface area contributed by atoms with E-state index < -0.39 is 0 Å². The number of hydrogen-bond acceptors (Lipinski definition) is 4. The molecule has 0 aliphatic heterocycles. The predicted octanol–water partition coefficient (Wildman–Crippen LogP) is 0.960. The number of nitrogen functional groups attached to an aromatic ring is 1. The summed E-state index contributed by atoms with van der Waals surface area (Å²) in [5, 5.41) is 12.8. The van der Waals surface area contributed by atoms with E-state index in [0.29, 0.717) is 12.4 Å². The Morgan fingerprint density at radius 1 is 1.69 bits per heavy atom. The maximum absolute atomic E-state index is 8.71. The fraction of sp³-hybridized carbons (Fsp3) is 0.625. The lowest BCUT2D eigenvalue weighted by Gasteiger charge is -2.01. The van der Waals surface area contributed by atoms with Crippen molar-refractivity contribution >= 4 is 17.6 Å². The number of anilines is 1. The second-order valence-electron chi connectivity index (χ2n) is 2.69. The minimum atomic E-state index is 0.0732. The number of aliphatic hydroxyl groups is 1. The highest BCUT2D eigenvalue weighted by atomic mass is 32.2. The summed E-state index contributed by atoms with van der Waals surface area (Å²) in [6, 6.07) is 0. The lowest BCUT2D eigenvalue weighted by molar-refractivity contribution is 0.270. The van der Waals surface area contributed by atoms with Gasteiger partial charge in [0.2, 0.25) is 0 Å². The van der Waals surface area contributed by atoms with Crippen LogP contribution in [0.5, 0.6) is 0 Å². The highest BCUT2D eigenvalue weighted by Crippen LogP contribution is 2.24. The molecule has 0 saturated carbocycles. The second kappa shape index (κ2) is 5.14. The molecular weight excluding hydrogens is 186 g/mol. The van der Waals surface area contributed by atoms with E-state index in [0.717, 1.165) is 17.1 Å². The lowest BCUT2D eigenvalue weighted by Crippen LogP contribution is -2.07. The van der Waals surface area contributed by atoms with Crippen molar-refractivity contribution < 1.29 is 5.11 Å². The number of thioether (sulfide) groups is 1. The summed E-state index contributed by atoms with van der Waals surface area (Å²) >= 11 is 1.70. The maximum Gasteiger partial charge on any atom is 0.135 e. The largest absolute Gasteiger partial charge is 0.394 e. The second-order valence-corrected chi connectivity index (χ2v) is 3.83. The zero-order valence-electron chi connectivity index (χ0n) is 7.73. The molecule has 1 rings (SSSR count). The van der Waals surface area contributed by atoms with Crippen LogP contribution in [-0.2, 0) is 6.54 Å². The van der Waals surface area contributed by atoms with Crippen molar-refractivity contribution in [2.45, 2.75) is 24.8 Å². The van der Waals surface area contributed by atoms with Crippen molar-refractivity contribution in [3.8, 4) is 0 Å². The fourth-order valence-electron chi connectivity index (χ4n) is 0.974. The molecule has 0 amide bonds. The number of hydrogen-bond donors (Lipinski definition) is 2. The van der Waals surface area contributed by atoms with Crippen LogP contribution in [0.1, 0.15) is 13.3 Å². The first kappa shape index (κ1) is 10.4. The Morgan fingerprint density at radius 2 is 2.46 bits per heavy atom. The predicted molar refractivity (Wildman–Crippen MR) is 54.7 cm³/mol. The summed E-state index contributed by atoms with van der Waals surface area (Å²) in [7, 11) is 0. The van der Waals surface area contributed by atoms with E-state index in [9.17, 15) is 0 Å². The lowest BCUT2D eigenvalue weighted by atomic mass is 10.6. The first-order valence-corrected chi connectivity index (χ1v) is 5.33. The summed E-state index contributed by atoms with van der Waals surface area (Å²) in [6.07, 6.45) is 2.88. The molecule has 0 atom stereocenters. The number of aromatic nitrogens is 2. The molecular formula is C8H15N3OS. The minimum absolute atomic E-state index is 0.0732. The first-order chi connectivity index (χ1) is 6.29. The Balaban J connectivity index is 2.62. The first-order valence-electron chi connectivity index (χ1n) is 4.34. The highest BCUT2D eigenvalue weighted by molar-refractivity contribution is 7.99. The molecule has 1 heterocycles. The maximum atomic E-state index is 8.71. The van der Waals surface area contributed by atoms with Crippen LogP contribution in [0.25, 0.3) is 0 Å². The van der Waals surface area contributed by atoms with E-state index in [1.807, 2.05) is 0 Å². The minimum Gasteiger partial charge on any atom is -0.394 e. The molecule has 0 unspecified atom stereocenters. The molecule has 74 valence electrons. The summed E-state index contributed by atoms with van der Waals surface area (Å²) < 4.78 is 1.62. The molecule has 1 aromatic rings. The van der Waals surface area contributed by atoms with Crippen molar-refractivity contribution in [3.05, 3.63) is 6.20 Å². The molecule has 3 N–H and O–H groups in total. The SMILES string of the molecule is CCCSc1cnn(CCO)c1N. The Labute approximate surface area is 82.1 Å². The van der Waals surface area contributed by atoms with Gasteiger partial charge in [-0.25, -0.2) is 4.68 Å². The molecule has 0 aliphatic carbocycles. The number of nitrogens with two attached hydrogens (primary N) is 1. The Hall–Kier alpha value is -0.680. The molecule has 13 heavy (non-hydrogen) atoms. The molecule has 1 aromatic heterocycles. The average Bonchev–Trinajstić information content (AvgIpc) is 2.46. The van der Waals surface area contributed by atoms with Gasteiger partial charge in [-0.1, -0.05) is 6.92 Å². The van der Waals surface area contributed by atoms with Gasteiger partial charge in [0, 0.05) is 0 Å². The standard InChI is InChI=1S/C8H15N3OS/c1-2-5-13-7-6-10-11(3-4-12)8(7)9/h6,12H,2-5,9H2,1H3. The van der Waals surface area contributed by atoms with E-state index in [1.54, 1.807) is 22.6 Å². The van der Waals surface area contributed by atoms with Gasteiger partial charge < -0.3 is 10.8 Å². The number of aliphatic hydroxyl groups excluding tert-OH is 1. The van der Waals surface area contributed by atoms with Crippen LogP contribution in [-0.4, -0.2) is 27.2 Å². The smallest absolute Gasteiger partial charge is 0.135 e. The zero-order valence-corrected chi connectivity index (χ0v) is 8.55. The van der Waals surface area contributed by atoms with Gasteiger partial charge in [-0.2, -0.15) is 5.10 Å². The van der Waals surface area contributed by atoms with Gasteiger partial charge in [0.1, 0.15) is 5.82 Å². The molecule has 0 saturated heterocycles. The summed E-state index contributed by atoms with van der Waals surface area (Å²) in [5.74, 6) is 1.71. The van der Waals surface area contributed by atoms with Crippen LogP contribution in [0.4, 0.5) is 5.82 Å². The van der Waals surface area contributed by atoms with E-state index >= 15 is 0 Å². The van der Waals surface area contributed by atoms with E-state index in [-0.39, 0.29) is 6.61 Å². The third-order valence-electron chi connectivity index (χ3n) is 1.62. The van der Waals surface area contributed by atoms with Gasteiger partial charge in [0.15, 0.2) is 0 Å². The summed E-state index contributed by atoms with van der Waals surface area (Å²) in [6.45, 7) is 2.67. The molecule has 5 heteroatoms. The van der Waals surface area contributed by atoms with Crippen LogP contribution in [0.2, 0.25) is 0 Å². The van der Waals surface area contributed by atoms with Gasteiger partial charge >= 0.3 is 0 Å². The third-order valence-corrected chi connectivity index (χ3v) is 2.86. The van der Waals surface area contributed by atoms with Gasteiger partial charge in [-0.15, -0.1) is 11.8 Å². The van der Waals surface area contributed by atoms with Crippen molar-refractivity contribution in [2.24, 2.45) is 0 Å². The zero-order chi connectivity index (χ0) is 9.68. The molecule has 0 bridgehead atoms. The van der Waals surface area contributed by atoms with Gasteiger partial charge in [0.25, 0.3) is 0 Å². The molecule has 4 nitrogen and oxygen atoms in total. The van der Waals surface area contributed by atoms with Crippen LogP contribution in [0, 0.1) is 0 Å². The molecule has 0 spiro atoms. The Bertz CT molecular complexity index is 262. The summed E-state index contributed by atoms with van der Waals surface area (Å²) in [4.78, 5) is 1.01. The van der Waals surface area contributed by atoms with Crippen LogP contribution in [0.3, 0.4) is 0 Å². The Morgan fingerprint density at radius 3 is 3.08 bits per heavy atom. The van der Waals surface area contributed by atoms with Crippen LogP contribution in [0.15, 0.2) is 11.1 Å². The van der Waals surface area contributed by atoms with Crippen molar-refractivity contribution in [1.29, 1.82) is 0 Å². The van der Waals surface area contributed by atoms with Crippen molar-refractivity contribution in [2.75, 3.05) is 18.1 Å². The average molecular weight is 201 g/mol. The molecule has 0 fully saturated rings. The number of nitrogens with zero attached hydrogens (tertiary/aromatic N) is 2. The van der Waals surface area contributed by atoms with Gasteiger partial charge in [-0.3, -0.25) is 0 Å². The highest BCUT2D eigenvalue weighted by Gasteiger charge is 2.06. The molecule has 0 aromatic carbocycles. The van der Waals surface area contributed by atoms with Crippen molar-refractivity contribution in [1.82, 2.24) is 9.78 Å². The number of rotatable bonds is 5. The normalized spacial score (nSPS) is 10.6. The van der Waals surface area contributed by atoms with E-state index in [1.165, 1.54) is 0 Å². The van der Waals surface area contributed by atoms with E-state index in [4.69, 9.17) is 10.8 Å². The quantitative estimate of drug-likeness (QED) is 0.696. The van der Waals surface area contributed by atoms with Crippen LogP contribution >= 0.6 is 11.8 Å². The fourth-order valence-corrected chi connectivity index (χ4v) is 1.77. The third kappa shape index (κ3) is 2.63. The monoisotopic (exact) mass is 201 g/mol. The van der Waals surface area contributed by atoms with Gasteiger partial charge in [0.05, 0.1) is 24.2 Å². The molecule has 0 aliphatic rings. The van der Waals surface area contributed by atoms with Crippen LogP contribution < -0.4 is 5.73 Å². The van der Waals surface area contributed by atoms with Gasteiger partial charge in [-0.05, 0) is 12.2 Å². The Kier molecular flexibility index (Phi) is 4.11.